The zero-order chi connectivity index (χ0) is 23.6. The van der Waals surface area contributed by atoms with Gasteiger partial charge >= 0.3 is 0 Å². The zero-order valence-electron chi connectivity index (χ0n) is 20.1. The first-order valence-corrected chi connectivity index (χ1v) is 13.2. The quantitative estimate of drug-likeness (QED) is 0.415. The Morgan fingerprint density at radius 1 is 0.971 bits per heavy atom. The van der Waals surface area contributed by atoms with Gasteiger partial charge in [-0.25, -0.2) is 4.98 Å². The van der Waals surface area contributed by atoms with Crippen LogP contribution in [0, 0.1) is 0 Å². The Morgan fingerprint density at radius 3 is 2.47 bits per heavy atom. The molecule has 4 rings (SSSR count). The van der Waals surface area contributed by atoms with Crippen molar-refractivity contribution in [1.29, 1.82) is 0 Å². The van der Waals surface area contributed by atoms with Gasteiger partial charge in [0.25, 0.3) is 5.91 Å². The molecule has 0 aliphatic carbocycles. The zero-order valence-corrected chi connectivity index (χ0v) is 20.9. The molecule has 1 fully saturated rings. The normalized spacial score (nSPS) is 14.3. The number of unbranched alkanes of at least 4 members (excludes halogenated alkanes) is 2. The molecular formula is C27H35N5OS. The SMILES string of the molecule is CCCCCc1ccc(C(=O)NCCN2CCN(c3nc(Cc4ccccc4)ns3)CC2)cc1. The lowest BCUT2D eigenvalue weighted by Gasteiger charge is -2.34. The molecule has 1 amide bonds. The molecule has 1 aliphatic heterocycles. The van der Waals surface area contributed by atoms with Gasteiger partial charge in [-0.2, -0.15) is 4.37 Å². The lowest BCUT2D eigenvalue weighted by Crippen LogP contribution is -2.48. The van der Waals surface area contributed by atoms with Gasteiger partial charge in [-0.1, -0.05) is 62.2 Å². The van der Waals surface area contributed by atoms with E-state index in [0.29, 0.717) is 6.54 Å². The van der Waals surface area contributed by atoms with Crippen molar-refractivity contribution in [1.82, 2.24) is 19.6 Å². The lowest BCUT2D eigenvalue weighted by atomic mass is 10.1. The third-order valence-corrected chi connectivity index (χ3v) is 7.12. The maximum absolute atomic E-state index is 12.5. The summed E-state index contributed by atoms with van der Waals surface area (Å²) in [6.07, 6.45) is 5.56. The average Bonchev–Trinajstić information content (AvgIpc) is 3.34. The maximum Gasteiger partial charge on any atom is 0.251 e. The van der Waals surface area contributed by atoms with Crippen LogP contribution in [-0.4, -0.2) is 59.4 Å². The minimum atomic E-state index is 0.0125. The van der Waals surface area contributed by atoms with E-state index >= 15 is 0 Å². The summed E-state index contributed by atoms with van der Waals surface area (Å²) in [6.45, 7) is 7.56. The number of aromatic nitrogens is 2. The highest BCUT2D eigenvalue weighted by atomic mass is 32.1. The number of hydrogen-bond acceptors (Lipinski definition) is 6. The number of anilines is 1. The maximum atomic E-state index is 12.5. The molecule has 1 saturated heterocycles. The second-order valence-corrected chi connectivity index (χ2v) is 9.62. The van der Waals surface area contributed by atoms with E-state index in [4.69, 9.17) is 4.98 Å². The summed E-state index contributed by atoms with van der Waals surface area (Å²) in [5, 5.41) is 4.08. The van der Waals surface area contributed by atoms with Crippen LogP contribution in [-0.2, 0) is 12.8 Å². The molecule has 0 radical (unpaired) electrons. The van der Waals surface area contributed by atoms with Gasteiger partial charge in [-0.15, -0.1) is 0 Å². The number of hydrogen-bond donors (Lipinski definition) is 1. The minimum absolute atomic E-state index is 0.0125. The van der Waals surface area contributed by atoms with Crippen LogP contribution in [0.1, 0.15) is 53.5 Å². The van der Waals surface area contributed by atoms with Gasteiger partial charge < -0.3 is 10.2 Å². The molecule has 0 spiro atoms. The summed E-state index contributed by atoms with van der Waals surface area (Å²) in [7, 11) is 0. The Hall–Kier alpha value is -2.77. The first-order chi connectivity index (χ1) is 16.7. The number of nitrogens with one attached hydrogen (secondary N) is 1. The first-order valence-electron chi connectivity index (χ1n) is 12.4. The van der Waals surface area contributed by atoms with E-state index in [1.807, 2.05) is 18.2 Å². The molecule has 34 heavy (non-hydrogen) atoms. The van der Waals surface area contributed by atoms with Crippen LogP contribution in [0.15, 0.2) is 54.6 Å². The largest absolute Gasteiger partial charge is 0.351 e. The van der Waals surface area contributed by atoms with Crippen molar-refractivity contribution in [2.24, 2.45) is 0 Å². The first kappa shape index (κ1) is 24.4. The molecule has 180 valence electrons. The standard InChI is InChI=1S/C27H35N5OS/c1-2-3-5-8-22-11-13-24(14-12-22)26(33)28-15-16-31-17-19-32(20-18-31)27-29-25(30-34-27)21-23-9-6-4-7-10-23/h4,6-7,9-14H,2-3,5,8,15-21H2,1H3,(H,28,33). The van der Waals surface area contributed by atoms with Gasteiger partial charge in [-0.05, 0) is 36.1 Å². The smallest absolute Gasteiger partial charge is 0.251 e. The lowest BCUT2D eigenvalue weighted by molar-refractivity contribution is 0.0948. The highest BCUT2D eigenvalue weighted by Gasteiger charge is 2.20. The van der Waals surface area contributed by atoms with Crippen molar-refractivity contribution in [2.75, 3.05) is 44.2 Å². The highest BCUT2D eigenvalue weighted by Crippen LogP contribution is 2.20. The molecule has 1 N–H and O–H groups in total. The fourth-order valence-corrected chi connectivity index (χ4v) is 4.95. The molecule has 2 heterocycles. The predicted molar refractivity (Wildman–Crippen MR) is 140 cm³/mol. The topological polar surface area (TPSA) is 61.4 Å². The van der Waals surface area contributed by atoms with Crippen molar-refractivity contribution >= 4 is 22.6 Å². The van der Waals surface area contributed by atoms with E-state index in [-0.39, 0.29) is 5.91 Å². The van der Waals surface area contributed by atoms with Crippen LogP contribution in [0.3, 0.4) is 0 Å². The second-order valence-electron chi connectivity index (χ2n) is 8.89. The van der Waals surface area contributed by atoms with E-state index in [2.05, 4.69) is 62.8 Å². The Labute approximate surface area is 207 Å². The Kier molecular flexibility index (Phi) is 9.04. The van der Waals surface area contributed by atoms with Crippen LogP contribution in [0.2, 0.25) is 0 Å². The van der Waals surface area contributed by atoms with E-state index in [1.54, 1.807) is 0 Å². The fraction of sp³-hybridized carbons (Fsp3) is 0.444. The van der Waals surface area contributed by atoms with Gasteiger partial charge in [0.15, 0.2) is 0 Å². The summed E-state index contributed by atoms with van der Waals surface area (Å²) < 4.78 is 4.56. The molecule has 0 bridgehead atoms. The number of amides is 1. The third kappa shape index (κ3) is 7.11. The van der Waals surface area contributed by atoms with Crippen molar-refractivity contribution in [3.63, 3.8) is 0 Å². The summed E-state index contributed by atoms with van der Waals surface area (Å²) >= 11 is 1.49. The Balaban J connectivity index is 1.15. The monoisotopic (exact) mass is 477 g/mol. The molecule has 2 aromatic carbocycles. The second kappa shape index (κ2) is 12.6. The van der Waals surface area contributed by atoms with E-state index < -0.39 is 0 Å². The number of benzene rings is 2. The van der Waals surface area contributed by atoms with Gasteiger partial charge in [0.05, 0.1) is 0 Å². The molecule has 6 nitrogen and oxygen atoms in total. The number of rotatable bonds is 11. The predicted octanol–water partition coefficient (Wildman–Crippen LogP) is 4.41. The van der Waals surface area contributed by atoms with Crippen molar-refractivity contribution in [3.8, 4) is 0 Å². The van der Waals surface area contributed by atoms with E-state index in [0.717, 1.165) is 62.1 Å². The van der Waals surface area contributed by atoms with Gasteiger partial charge in [0.2, 0.25) is 5.13 Å². The number of aryl methyl sites for hydroxylation is 1. The fourth-order valence-electron chi connectivity index (χ4n) is 4.22. The van der Waals surface area contributed by atoms with Crippen LogP contribution >= 0.6 is 11.5 Å². The molecule has 1 aromatic heterocycles. The third-order valence-electron chi connectivity index (χ3n) is 6.30. The summed E-state index contributed by atoms with van der Waals surface area (Å²) in [4.78, 5) is 22.0. The molecule has 0 atom stereocenters. The molecule has 0 saturated carbocycles. The van der Waals surface area contributed by atoms with Gasteiger partial charge in [-0.3, -0.25) is 9.69 Å². The van der Waals surface area contributed by atoms with E-state index in [1.165, 1.54) is 41.9 Å². The number of carbonyl (C=O) groups excluding carboxylic acids is 1. The van der Waals surface area contributed by atoms with E-state index in [9.17, 15) is 4.79 Å². The molecule has 3 aromatic rings. The van der Waals surface area contributed by atoms with Crippen molar-refractivity contribution in [3.05, 3.63) is 77.1 Å². The van der Waals surface area contributed by atoms with Crippen LogP contribution in [0.25, 0.3) is 0 Å². The minimum Gasteiger partial charge on any atom is -0.351 e. The average molecular weight is 478 g/mol. The molecular weight excluding hydrogens is 442 g/mol. The molecule has 1 aliphatic rings. The Bertz CT molecular complexity index is 1010. The molecule has 0 unspecified atom stereocenters. The summed E-state index contributed by atoms with van der Waals surface area (Å²) in [6, 6.07) is 18.4. The summed E-state index contributed by atoms with van der Waals surface area (Å²) in [5.41, 5.74) is 3.29. The highest BCUT2D eigenvalue weighted by molar-refractivity contribution is 7.09. The van der Waals surface area contributed by atoms with Gasteiger partial charge in [0, 0.05) is 62.8 Å². The summed E-state index contributed by atoms with van der Waals surface area (Å²) in [5.74, 6) is 0.906. The van der Waals surface area contributed by atoms with Crippen molar-refractivity contribution in [2.45, 2.75) is 39.0 Å². The number of piperazine rings is 1. The van der Waals surface area contributed by atoms with Crippen LogP contribution in [0.5, 0.6) is 0 Å². The Morgan fingerprint density at radius 2 is 1.74 bits per heavy atom. The van der Waals surface area contributed by atoms with Crippen molar-refractivity contribution < 1.29 is 4.79 Å². The van der Waals surface area contributed by atoms with Crippen LogP contribution < -0.4 is 10.2 Å². The number of nitrogens with zero attached hydrogens (tertiary/aromatic N) is 4. The number of carbonyl (C=O) groups is 1. The van der Waals surface area contributed by atoms with Crippen LogP contribution in [0.4, 0.5) is 5.13 Å². The van der Waals surface area contributed by atoms with Gasteiger partial charge in [0.1, 0.15) is 5.82 Å². The molecule has 7 heteroatoms.